The zero-order valence-electron chi connectivity index (χ0n) is 18.1. The molecule has 1 aliphatic rings. The largest absolute Gasteiger partial charge is 0.484 e. The molecule has 2 aromatic carbocycles. The number of amides is 3. The van der Waals surface area contributed by atoms with Crippen LogP contribution in [0.2, 0.25) is 5.02 Å². The van der Waals surface area contributed by atoms with Crippen LogP contribution in [0.4, 0.5) is 5.69 Å². The molecule has 33 heavy (non-hydrogen) atoms. The van der Waals surface area contributed by atoms with Crippen LogP contribution >= 0.6 is 11.6 Å². The van der Waals surface area contributed by atoms with Gasteiger partial charge in [0.1, 0.15) is 5.75 Å². The molecule has 10 heteroatoms. The minimum atomic E-state index is -0.871. The van der Waals surface area contributed by atoms with Crippen molar-refractivity contribution < 1.29 is 23.9 Å². The summed E-state index contributed by atoms with van der Waals surface area (Å²) in [6.07, 6.45) is 3.13. The average Bonchev–Trinajstić information content (AvgIpc) is 3.32. The molecule has 1 fully saturated rings. The number of anilines is 1. The van der Waals surface area contributed by atoms with Crippen LogP contribution in [0.15, 0.2) is 47.6 Å². The SMILES string of the molecule is Cc1ccc(NC(=O)COc2cccc(/C=N\NC(=O)C(=O)NC[C@H]3CCCO3)c2)cc1Cl. The number of aryl methyl sites for hydroxylation is 1. The third-order valence-electron chi connectivity index (χ3n) is 4.78. The van der Waals surface area contributed by atoms with E-state index in [-0.39, 0.29) is 18.6 Å². The van der Waals surface area contributed by atoms with Crippen molar-refractivity contribution in [1.29, 1.82) is 0 Å². The van der Waals surface area contributed by atoms with Crippen LogP contribution in [0, 0.1) is 6.92 Å². The highest BCUT2D eigenvalue weighted by Gasteiger charge is 2.18. The van der Waals surface area contributed by atoms with Crippen LogP contribution in [0.3, 0.4) is 0 Å². The number of hydrogen-bond donors (Lipinski definition) is 3. The molecule has 174 valence electrons. The molecule has 2 aromatic rings. The molecule has 0 unspecified atom stereocenters. The van der Waals surface area contributed by atoms with Gasteiger partial charge in [-0.25, -0.2) is 5.43 Å². The van der Waals surface area contributed by atoms with Gasteiger partial charge in [0.15, 0.2) is 6.61 Å². The molecule has 3 N–H and O–H groups in total. The van der Waals surface area contributed by atoms with E-state index in [9.17, 15) is 14.4 Å². The van der Waals surface area contributed by atoms with E-state index >= 15 is 0 Å². The summed E-state index contributed by atoms with van der Waals surface area (Å²) in [5.74, 6) is -1.54. The summed E-state index contributed by atoms with van der Waals surface area (Å²) in [5.41, 5.74) is 4.28. The van der Waals surface area contributed by atoms with Gasteiger partial charge in [0.2, 0.25) is 0 Å². The third-order valence-corrected chi connectivity index (χ3v) is 5.19. The van der Waals surface area contributed by atoms with Crippen LogP contribution in [0.1, 0.15) is 24.0 Å². The highest BCUT2D eigenvalue weighted by Crippen LogP contribution is 2.20. The molecule has 1 saturated heterocycles. The lowest BCUT2D eigenvalue weighted by molar-refractivity contribution is -0.139. The fourth-order valence-corrected chi connectivity index (χ4v) is 3.19. The van der Waals surface area contributed by atoms with Crippen molar-refractivity contribution in [1.82, 2.24) is 10.7 Å². The van der Waals surface area contributed by atoms with E-state index in [1.54, 1.807) is 36.4 Å². The second-order valence-electron chi connectivity index (χ2n) is 7.42. The normalized spacial score (nSPS) is 15.3. The molecule has 0 spiro atoms. The predicted molar refractivity (Wildman–Crippen MR) is 124 cm³/mol. The van der Waals surface area contributed by atoms with Gasteiger partial charge in [-0.1, -0.05) is 29.8 Å². The Hall–Kier alpha value is -3.43. The third kappa shape index (κ3) is 7.89. The molecule has 0 bridgehead atoms. The number of hydrogen-bond acceptors (Lipinski definition) is 6. The van der Waals surface area contributed by atoms with Crippen molar-refractivity contribution in [3.63, 3.8) is 0 Å². The smallest absolute Gasteiger partial charge is 0.329 e. The highest BCUT2D eigenvalue weighted by molar-refractivity contribution is 6.35. The lowest BCUT2D eigenvalue weighted by Gasteiger charge is -2.09. The fraction of sp³-hybridized carbons (Fsp3) is 0.304. The first-order chi connectivity index (χ1) is 15.9. The Labute approximate surface area is 196 Å². The quantitative estimate of drug-likeness (QED) is 0.310. The maximum Gasteiger partial charge on any atom is 0.329 e. The van der Waals surface area contributed by atoms with E-state index in [1.807, 2.05) is 13.0 Å². The minimum Gasteiger partial charge on any atom is -0.484 e. The van der Waals surface area contributed by atoms with Crippen LogP contribution < -0.4 is 20.8 Å². The van der Waals surface area contributed by atoms with Gasteiger partial charge in [-0.3, -0.25) is 14.4 Å². The molecular formula is C23H25ClN4O5. The first kappa shape index (κ1) is 24.2. The first-order valence-corrected chi connectivity index (χ1v) is 10.8. The molecule has 1 aliphatic heterocycles. The standard InChI is InChI=1S/C23H25ClN4O5/c1-15-7-8-17(11-20(15)24)27-21(29)14-33-18-5-2-4-16(10-18)12-26-28-23(31)22(30)25-13-19-6-3-9-32-19/h2,4-5,7-8,10-12,19H,3,6,9,13-14H2,1H3,(H,25,30)(H,27,29)(H,28,31)/b26-12-/t19-/m1/s1. The van der Waals surface area contributed by atoms with Crippen LogP contribution in [0.5, 0.6) is 5.75 Å². The van der Waals surface area contributed by atoms with Crippen molar-refractivity contribution in [3.8, 4) is 5.75 Å². The van der Waals surface area contributed by atoms with E-state index < -0.39 is 11.8 Å². The summed E-state index contributed by atoms with van der Waals surface area (Å²) in [5, 5.41) is 9.58. The van der Waals surface area contributed by atoms with Crippen LogP contribution in [0.25, 0.3) is 0 Å². The summed E-state index contributed by atoms with van der Waals surface area (Å²) in [6.45, 7) is 2.64. The number of nitrogens with one attached hydrogen (secondary N) is 3. The number of benzene rings is 2. The predicted octanol–water partition coefficient (Wildman–Crippen LogP) is 2.41. The first-order valence-electron chi connectivity index (χ1n) is 10.4. The molecule has 0 saturated carbocycles. The molecule has 0 radical (unpaired) electrons. The second-order valence-corrected chi connectivity index (χ2v) is 7.82. The number of hydrazone groups is 1. The number of rotatable bonds is 8. The molecule has 0 aliphatic carbocycles. The monoisotopic (exact) mass is 472 g/mol. The van der Waals surface area contributed by atoms with E-state index in [2.05, 4.69) is 21.2 Å². The average molecular weight is 473 g/mol. The van der Waals surface area contributed by atoms with E-state index in [1.165, 1.54) is 6.21 Å². The number of ether oxygens (including phenoxy) is 2. The van der Waals surface area contributed by atoms with Crippen molar-refractivity contribution >= 4 is 41.2 Å². The highest BCUT2D eigenvalue weighted by atomic mass is 35.5. The van der Waals surface area contributed by atoms with Gasteiger partial charge in [-0.05, 0) is 55.2 Å². The topological polar surface area (TPSA) is 118 Å². The lowest BCUT2D eigenvalue weighted by Crippen LogP contribution is -2.41. The zero-order valence-corrected chi connectivity index (χ0v) is 18.9. The Bertz CT molecular complexity index is 1040. The lowest BCUT2D eigenvalue weighted by atomic mass is 10.2. The fourth-order valence-electron chi connectivity index (χ4n) is 3.01. The molecule has 1 heterocycles. The van der Waals surface area contributed by atoms with Crippen molar-refractivity contribution in [2.45, 2.75) is 25.9 Å². The number of carbonyl (C=O) groups is 3. The van der Waals surface area contributed by atoms with E-state index in [4.69, 9.17) is 21.1 Å². The zero-order chi connectivity index (χ0) is 23.6. The number of carbonyl (C=O) groups excluding carboxylic acids is 3. The van der Waals surface area contributed by atoms with E-state index in [0.29, 0.717) is 35.2 Å². The Morgan fingerprint density at radius 2 is 2.06 bits per heavy atom. The molecule has 0 aromatic heterocycles. The van der Waals surface area contributed by atoms with Gasteiger partial charge in [0, 0.05) is 23.9 Å². The summed E-state index contributed by atoms with van der Waals surface area (Å²) in [6, 6.07) is 12.0. The van der Waals surface area contributed by atoms with Gasteiger partial charge in [0.05, 0.1) is 12.3 Å². The van der Waals surface area contributed by atoms with Gasteiger partial charge in [-0.15, -0.1) is 0 Å². The Morgan fingerprint density at radius 1 is 1.21 bits per heavy atom. The maximum atomic E-state index is 12.1. The Kier molecular flexibility index (Phi) is 8.79. The minimum absolute atomic E-state index is 0.0511. The van der Waals surface area contributed by atoms with Crippen molar-refractivity contribution in [2.24, 2.45) is 5.10 Å². The molecule has 3 rings (SSSR count). The summed E-state index contributed by atoms with van der Waals surface area (Å²) < 4.78 is 10.9. The molecule has 1 atom stereocenters. The van der Waals surface area contributed by atoms with Crippen LogP contribution in [-0.4, -0.2) is 49.8 Å². The van der Waals surface area contributed by atoms with Gasteiger partial charge < -0.3 is 20.1 Å². The van der Waals surface area contributed by atoms with Gasteiger partial charge in [-0.2, -0.15) is 5.10 Å². The van der Waals surface area contributed by atoms with Crippen LogP contribution in [-0.2, 0) is 19.1 Å². The summed E-state index contributed by atoms with van der Waals surface area (Å²) in [4.78, 5) is 35.7. The number of halogens is 1. The molecular weight excluding hydrogens is 448 g/mol. The molecule has 9 nitrogen and oxygen atoms in total. The van der Waals surface area contributed by atoms with E-state index in [0.717, 1.165) is 18.4 Å². The molecule has 3 amide bonds. The van der Waals surface area contributed by atoms with Gasteiger partial charge in [0.25, 0.3) is 5.91 Å². The Morgan fingerprint density at radius 3 is 2.82 bits per heavy atom. The maximum absolute atomic E-state index is 12.1. The van der Waals surface area contributed by atoms with Crippen molar-refractivity contribution in [3.05, 3.63) is 58.6 Å². The summed E-state index contributed by atoms with van der Waals surface area (Å²) in [7, 11) is 0. The van der Waals surface area contributed by atoms with Crippen molar-refractivity contribution in [2.75, 3.05) is 25.1 Å². The summed E-state index contributed by atoms with van der Waals surface area (Å²) >= 11 is 6.06. The Balaban J connectivity index is 1.43. The second kappa shape index (κ2) is 12.0. The number of nitrogens with zero attached hydrogens (tertiary/aromatic N) is 1. The van der Waals surface area contributed by atoms with Gasteiger partial charge >= 0.3 is 11.8 Å².